The average Bonchev–Trinajstić information content (AvgIpc) is 2.90. The molecule has 0 aliphatic carbocycles. The predicted molar refractivity (Wildman–Crippen MR) is 69.1 cm³/mol. The zero-order valence-electron chi connectivity index (χ0n) is 11.2. The van der Waals surface area contributed by atoms with Crippen molar-refractivity contribution in [3.63, 3.8) is 0 Å². The minimum Gasteiger partial charge on any atom is -0.461 e. The van der Waals surface area contributed by atoms with E-state index in [9.17, 15) is 4.79 Å². The van der Waals surface area contributed by atoms with Gasteiger partial charge < -0.3 is 19.2 Å². The van der Waals surface area contributed by atoms with E-state index in [-0.39, 0.29) is 18.3 Å². The number of aliphatic hydroxyl groups is 1. The van der Waals surface area contributed by atoms with Crippen LogP contribution in [0.5, 0.6) is 0 Å². The Labute approximate surface area is 112 Å². The van der Waals surface area contributed by atoms with Crippen LogP contribution in [-0.2, 0) is 4.74 Å². The number of esters is 1. The molecule has 6 nitrogen and oxygen atoms in total. The average molecular weight is 268 g/mol. The molecule has 1 aliphatic heterocycles. The number of ether oxygens (including phenoxy) is 1. The summed E-state index contributed by atoms with van der Waals surface area (Å²) in [6.07, 6.45) is 5.25. The Balaban J connectivity index is 2.09. The zero-order valence-corrected chi connectivity index (χ0v) is 11.2. The largest absolute Gasteiger partial charge is 0.461 e. The Kier molecular flexibility index (Phi) is 4.79. The molecule has 19 heavy (non-hydrogen) atoms. The first-order valence-electron chi connectivity index (χ1n) is 6.76. The number of carbonyl (C=O) groups excluding carboxylic acids is 1. The fourth-order valence-electron chi connectivity index (χ4n) is 2.40. The van der Waals surface area contributed by atoms with Gasteiger partial charge in [-0.15, -0.1) is 0 Å². The third-order valence-electron chi connectivity index (χ3n) is 3.31. The Bertz CT molecular complexity index is 417. The van der Waals surface area contributed by atoms with E-state index >= 15 is 0 Å². The van der Waals surface area contributed by atoms with Crippen molar-refractivity contribution >= 4 is 12.0 Å². The number of piperidine rings is 1. The van der Waals surface area contributed by atoms with Crippen LogP contribution in [0.25, 0.3) is 0 Å². The van der Waals surface area contributed by atoms with Crippen molar-refractivity contribution in [2.45, 2.75) is 38.6 Å². The number of aliphatic hydroxyl groups excluding tert-OH is 1. The highest BCUT2D eigenvalue weighted by molar-refractivity contribution is 5.87. The summed E-state index contributed by atoms with van der Waals surface area (Å²) in [5.74, 6) is -0.465. The first kappa shape index (κ1) is 13.9. The second-order valence-electron chi connectivity index (χ2n) is 4.59. The Morgan fingerprint density at radius 3 is 3.21 bits per heavy atom. The van der Waals surface area contributed by atoms with Crippen molar-refractivity contribution in [1.29, 1.82) is 0 Å². The highest BCUT2D eigenvalue weighted by Gasteiger charge is 2.26. The molecule has 1 aromatic heterocycles. The van der Waals surface area contributed by atoms with E-state index in [1.807, 2.05) is 4.90 Å². The highest BCUT2D eigenvalue weighted by Crippen LogP contribution is 2.26. The maximum atomic E-state index is 11.5. The summed E-state index contributed by atoms with van der Waals surface area (Å²) in [5.41, 5.74) is 0.199. The highest BCUT2D eigenvalue weighted by atomic mass is 16.5. The quantitative estimate of drug-likeness (QED) is 0.817. The molecule has 0 saturated carbocycles. The van der Waals surface area contributed by atoms with Crippen molar-refractivity contribution in [2.75, 3.05) is 24.7 Å². The van der Waals surface area contributed by atoms with Crippen LogP contribution in [0.3, 0.4) is 0 Å². The van der Waals surface area contributed by atoms with Crippen molar-refractivity contribution in [2.24, 2.45) is 0 Å². The number of nitrogens with zero attached hydrogens (tertiary/aromatic N) is 2. The molecule has 106 valence electrons. The van der Waals surface area contributed by atoms with E-state index in [4.69, 9.17) is 14.3 Å². The lowest BCUT2D eigenvalue weighted by Gasteiger charge is -2.34. The number of anilines is 1. The van der Waals surface area contributed by atoms with Gasteiger partial charge in [0.2, 0.25) is 0 Å². The molecule has 1 aliphatic rings. The van der Waals surface area contributed by atoms with Crippen LogP contribution in [0.4, 0.5) is 6.01 Å². The minimum atomic E-state index is -0.465. The topological polar surface area (TPSA) is 75.8 Å². The van der Waals surface area contributed by atoms with Gasteiger partial charge >= 0.3 is 5.97 Å². The standard InChI is InChI=1S/C13H20N2O4/c1-2-18-12(17)11-9-19-13(14-11)15-7-4-3-5-10(15)6-8-16/h9-10,16H,2-8H2,1H3. The molecule has 2 heterocycles. The van der Waals surface area contributed by atoms with Gasteiger partial charge in [0.25, 0.3) is 6.01 Å². The Morgan fingerprint density at radius 2 is 2.47 bits per heavy atom. The lowest BCUT2D eigenvalue weighted by molar-refractivity contribution is 0.0519. The van der Waals surface area contributed by atoms with E-state index < -0.39 is 5.97 Å². The summed E-state index contributed by atoms with van der Waals surface area (Å²) in [5, 5.41) is 9.09. The summed E-state index contributed by atoms with van der Waals surface area (Å²) in [6, 6.07) is 0.675. The molecule has 2 rings (SSSR count). The fourth-order valence-corrected chi connectivity index (χ4v) is 2.40. The van der Waals surface area contributed by atoms with Crippen LogP contribution in [-0.4, -0.2) is 41.9 Å². The van der Waals surface area contributed by atoms with Gasteiger partial charge in [0.15, 0.2) is 5.69 Å². The Morgan fingerprint density at radius 1 is 1.63 bits per heavy atom. The van der Waals surface area contributed by atoms with Crippen LogP contribution < -0.4 is 4.90 Å². The number of carbonyl (C=O) groups is 1. The first-order valence-corrected chi connectivity index (χ1v) is 6.76. The third kappa shape index (κ3) is 3.26. The molecule has 0 spiro atoms. The fraction of sp³-hybridized carbons (Fsp3) is 0.692. The molecule has 0 radical (unpaired) electrons. The minimum absolute atomic E-state index is 0.145. The van der Waals surface area contributed by atoms with E-state index in [2.05, 4.69) is 4.98 Å². The number of rotatable bonds is 5. The first-order chi connectivity index (χ1) is 9.26. The lowest BCUT2D eigenvalue weighted by atomic mass is 10.0. The van der Waals surface area contributed by atoms with Crippen LogP contribution in [0, 0.1) is 0 Å². The van der Waals surface area contributed by atoms with Gasteiger partial charge in [-0.1, -0.05) is 0 Å². The second kappa shape index (κ2) is 6.56. The van der Waals surface area contributed by atoms with Crippen LogP contribution >= 0.6 is 0 Å². The van der Waals surface area contributed by atoms with E-state index in [0.717, 1.165) is 25.8 Å². The molecule has 0 bridgehead atoms. The van der Waals surface area contributed by atoms with Gasteiger partial charge in [-0.2, -0.15) is 4.98 Å². The molecular formula is C13H20N2O4. The summed E-state index contributed by atoms with van der Waals surface area (Å²) in [6.45, 7) is 3.05. The monoisotopic (exact) mass is 268 g/mol. The predicted octanol–water partition coefficient (Wildman–Crippen LogP) is 1.59. The van der Waals surface area contributed by atoms with Gasteiger partial charge in [0.1, 0.15) is 6.26 Å². The van der Waals surface area contributed by atoms with Gasteiger partial charge in [-0.3, -0.25) is 0 Å². The van der Waals surface area contributed by atoms with E-state index in [0.29, 0.717) is 19.0 Å². The summed E-state index contributed by atoms with van der Waals surface area (Å²) < 4.78 is 10.3. The molecule has 6 heteroatoms. The molecule has 1 N–H and O–H groups in total. The molecule has 1 unspecified atom stereocenters. The van der Waals surface area contributed by atoms with Gasteiger partial charge in [-0.25, -0.2) is 4.79 Å². The second-order valence-corrected chi connectivity index (χ2v) is 4.59. The number of oxazole rings is 1. The molecular weight excluding hydrogens is 248 g/mol. The molecule has 1 atom stereocenters. The van der Waals surface area contributed by atoms with Gasteiger partial charge in [-0.05, 0) is 32.6 Å². The number of aromatic nitrogens is 1. The maximum Gasteiger partial charge on any atom is 0.360 e. The summed E-state index contributed by atoms with van der Waals surface area (Å²) in [4.78, 5) is 17.8. The molecule has 1 aromatic rings. The smallest absolute Gasteiger partial charge is 0.360 e. The number of hydrogen-bond acceptors (Lipinski definition) is 6. The number of hydrogen-bond donors (Lipinski definition) is 1. The third-order valence-corrected chi connectivity index (χ3v) is 3.31. The summed E-state index contributed by atoms with van der Waals surface area (Å²) >= 11 is 0. The van der Waals surface area contributed by atoms with Gasteiger partial charge in [0, 0.05) is 19.2 Å². The van der Waals surface area contributed by atoms with Crippen molar-refractivity contribution in [3.05, 3.63) is 12.0 Å². The lowest BCUT2D eigenvalue weighted by Crippen LogP contribution is -2.40. The molecule has 1 saturated heterocycles. The van der Waals surface area contributed by atoms with E-state index in [1.54, 1.807) is 6.92 Å². The normalized spacial score (nSPS) is 19.5. The molecule has 1 fully saturated rings. The van der Waals surface area contributed by atoms with Crippen LogP contribution in [0.2, 0.25) is 0 Å². The molecule has 0 amide bonds. The van der Waals surface area contributed by atoms with Crippen LogP contribution in [0.1, 0.15) is 43.1 Å². The SMILES string of the molecule is CCOC(=O)c1coc(N2CCCCC2CCO)n1. The van der Waals surface area contributed by atoms with Crippen molar-refractivity contribution in [3.8, 4) is 0 Å². The van der Waals surface area contributed by atoms with Crippen molar-refractivity contribution in [1.82, 2.24) is 4.98 Å². The Hall–Kier alpha value is -1.56. The van der Waals surface area contributed by atoms with Crippen molar-refractivity contribution < 1.29 is 19.1 Å². The summed E-state index contributed by atoms with van der Waals surface area (Å²) in [7, 11) is 0. The van der Waals surface area contributed by atoms with Crippen LogP contribution in [0.15, 0.2) is 10.7 Å². The molecule has 0 aromatic carbocycles. The van der Waals surface area contributed by atoms with Gasteiger partial charge in [0.05, 0.1) is 6.61 Å². The van der Waals surface area contributed by atoms with E-state index in [1.165, 1.54) is 6.26 Å². The maximum absolute atomic E-state index is 11.5. The zero-order chi connectivity index (χ0) is 13.7.